The maximum absolute atomic E-state index is 13.2. The van der Waals surface area contributed by atoms with E-state index in [0.29, 0.717) is 12.1 Å². The van der Waals surface area contributed by atoms with Gasteiger partial charge in [0.1, 0.15) is 4.83 Å². The van der Waals surface area contributed by atoms with Gasteiger partial charge in [-0.15, -0.1) is 11.3 Å². The molecule has 4 nitrogen and oxygen atoms in total. The van der Waals surface area contributed by atoms with E-state index in [2.05, 4.69) is 34.6 Å². The summed E-state index contributed by atoms with van der Waals surface area (Å²) in [4.78, 5) is 20.2. The van der Waals surface area contributed by atoms with Crippen molar-refractivity contribution in [1.29, 1.82) is 0 Å². The number of hydrogen-bond acceptors (Lipinski definition) is 4. The maximum atomic E-state index is 13.2. The molecule has 158 valence electrons. The van der Waals surface area contributed by atoms with Gasteiger partial charge >= 0.3 is 0 Å². The Labute approximate surface area is 182 Å². The van der Waals surface area contributed by atoms with Crippen molar-refractivity contribution in [2.45, 2.75) is 82.8 Å². The van der Waals surface area contributed by atoms with Gasteiger partial charge in [0.05, 0.1) is 11.7 Å². The first-order chi connectivity index (χ1) is 14.8. The summed E-state index contributed by atoms with van der Waals surface area (Å²) in [6.07, 6.45) is 13.7. The van der Waals surface area contributed by atoms with Gasteiger partial charge in [-0.3, -0.25) is 9.36 Å². The molecule has 5 heteroatoms. The Bertz CT molecular complexity index is 1050. The Balaban J connectivity index is 1.29. The zero-order valence-electron chi connectivity index (χ0n) is 17.6. The molecular weight excluding hydrogens is 390 g/mol. The van der Waals surface area contributed by atoms with Gasteiger partial charge in [-0.1, -0.05) is 49.6 Å². The quantitative estimate of drug-likeness (QED) is 0.618. The third-order valence-electron chi connectivity index (χ3n) is 6.82. The standard InChI is InChI=1S/C25H31N3OS/c29-25-23-21-14-13-20(27-19-11-5-2-6-12-19)16-22(21)30-24(23)26-17-28(25)15-7-10-18-8-3-1-4-9-18/h1,3-4,8-9,17,19-20,27H,2,5-7,10-16H2/t20-/m1/s1. The van der Waals surface area contributed by atoms with Crippen LogP contribution in [0.15, 0.2) is 41.5 Å². The van der Waals surface area contributed by atoms with E-state index >= 15 is 0 Å². The first-order valence-electron chi connectivity index (χ1n) is 11.6. The van der Waals surface area contributed by atoms with Crippen LogP contribution in [0, 0.1) is 0 Å². The van der Waals surface area contributed by atoms with Crippen molar-refractivity contribution in [1.82, 2.24) is 14.9 Å². The molecule has 1 atom stereocenters. The van der Waals surface area contributed by atoms with Crippen LogP contribution in [0.1, 0.15) is 60.9 Å². The van der Waals surface area contributed by atoms with Crippen molar-refractivity contribution in [3.63, 3.8) is 0 Å². The number of nitrogens with zero attached hydrogens (tertiary/aromatic N) is 2. The van der Waals surface area contributed by atoms with Crippen LogP contribution in [-0.2, 0) is 25.8 Å². The molecule has 30 heavy (non-hydrogen) atoms. The molecule has 5 rings (SSSR count). The Morgan fingerprint density at radius 2 is 1.90 bits per heavy atom. The zero-order chi connectivity index (χ0) is 20.3. The minimum absolute atomic E-state index is 0.157. The van der Waals surface area contributed by atoms with Crippen molar-refractivity contribution < 1.29 is 0 Å². The van der Waals surface area contributed by atoms with Crippen LogP contribution < -0.4 is 10.9 Å². The molecule has 1 saturated carbocycles. The fourth-order valence-electron chi connectivity index (χ4n) is 5.20. The summed E-state index contributed by atoms with van der Waals surface area (Å²) in [5.74, 6) is 0. The lowest BCUT2D eigenvalue weighted by Crippen LogP contribution is -2.42. The molecule has 0 amide bonds. The van der Waals surface area contributed by atoms with Gasteiger partial charge < -0.3 is 5.32 Å². The van der Waals surface area contributed by atoms with E-state index in [9.17, 15) is 4.79 Å². The normalized spacial score (nSPS) is 19.8. The van der Waals surface area contributed by atoms with E-state index in [4.69, 9.17) is 0 Å². The van der Waals surface area contributed by atoms with Gasteiger partial charge in [0.25, 0.3) is 5.56 Å². The molecule has 0 saturated heterocycles. The third kappa shape index (κ3) is 4.23. The summed E-state index contributed by atoms with van der Waals surface area (Å²) in [6.45, 7) is 0.729. The van der Waals surface area contributed by atoms with Crippen LogP contribution in [0.2, 0.25) is 0 Å². The molecule has 2 aliphatic carbocycles. The van der Waals surface area contributed by atoms with Gasteiger partial charge in [0.2, 0.25) is 0 Å². The van der Waals surface area contributed by atoms with Gasteiger partial charge in [-0.2, -0.15) is 0 Å². The Morgan fingerprint density at radius 3 is 2.73 bits per heavy atom. The Kier molecular flexibility index (Phi) is 6.00. The molecule has 0 radical (unpaired) electrons. The van der Waals surface area contributed by atoms with E-state index in [0.717, 1.165) is 48.9 Å². The van der Waals surface area contributed by atoms with Gasteiger partial charge in [0.15, 0.2) is 0 Å². The Morgan fingerprint density at radius 1 is 1.07 bits per heavy atom. The van der Waals surface area contributed by atoms with Crippen molar-refractivity contribution >= 4 is 21.6 Å². The average molecular weight is 422 g/mol. The third-order valence-corrected chi connectivity index (χ3v) is 7.98. The SMILES string of the molecule is O=c1c2c3c(sc2ncn1CCCc1ccccc1)C[C@H](NC1CCCCC1)CC3. The first kappa shape index (κ1) is 20.0. The average Bonchev–Trinajstić information content (AvgIpc) is 3.15. The fraction of sp³-hybridized carbons (Fsp3) is 0.520. The summed E-state index contributed by atoms with van der Waals surface area (Å²) in [5.41, 5.74) is 2.76. The first-order valence-corrected chi connectivity index (χ1v) is 12.4. The van der Waals surface area contributed by atoms with Crippen LogP contribution in [0.25, 0.3) is 10.2 Å². The number of thiophene rings is 1. The minimum Gasteiger partial charge on any atom is -0.311 e. The summed E-state index contributed by atoms with van der Waals surface area (Å²) >= 11 is 1.74. The van der Waals surface area contributed by atoms with Crippen molar-refractivity contribution in [3.05, 3.63) is 63.0 Å². The lowest BCUT2D eigenvalue weighted by Gasteiger charge is -2.30. The lowest BCUT2D eigenvalue weighted by atomic mass is 9.90. The predicted octanol–water partition coefficient (Wildman–Crippen LogP) is 4.87. The van der Waals surface area contributed by atoms with E-state index < -0.39 is 0 Å². The van der Waals surface area contributed by atoms with Gasteiger partial charge in [-0.25, -0.2) is 4.98 Å². The molecule has 0 bridgehead atoms. The van der Waals surface area contributed by atoms with E-state index in [1.54, 1.807) is 17.7 Å². The summed E-state index contributed by atoms with van der Waals surface area (Å²) in [6, 6.07) is 11.7. The van der Waals surface area contributed by atoms with Crippen molar-refractivity contribution in [2.75, 3.05) is 0 Å². The van der Waals surface area contributed by atoms with Gasteiger partial charge in [-0.05, 0) is 56.1 Å². The Hall–Kier alpha value is -1.98. The molecule has 1 aromatic carbocycles. The predicted molar refractivity (Wildman–Crippen MR) is 124 cm³/mol. The summed E-state index contributed by atoms with van der Waals surface area (Å²) in [7, 11) is 0. The number of nitrogens with one attached hydrogen (secondary N) is 1. The number of rotatable bonds is 6. The van der Waals surface area contributed by atoms with Crippen molar-refractivity contribution in [2.24, 2.45) is 0 Å². The number of benzene rings is 1. The molecular formula is C25H31N3OS. The molecule has 0 aliphatic heterocycles. The highest BCUT2D eigenvalue weighted by Crippen LogP contribution is 2.34. The number of fused-ring (bicyclic) bond motifs is 3. The van der Waals surface area contributed by atoms with Crippen molar-refractivity contribution in [3.8, 4) is 0 Å². The largest absolute Gasteiger partial charge is 0.311 e. The topological polar surface area (TPSA) is 46.9 Å². The van der Waals surface area contributed by atoms with E-state index in [1.807, 2.05) is 10.6 Å². The van der Waals surface area contributed by atoms with Crippen LogP contribution in [-0.4, -0.2) is 21.6 Å². The van der Waals surface area contributed by atoms with Crippen LogP contribution >= 0.6 is 11.3 Å². The molecule has 2 aromatic heterocycles. The van der Waals surface area contributed by atoms with Crippen LogP contribution in [0.4, 0.5) is 0 Å². The molecule has 1 fully saturated rings. The summed E-state index contributed by atoms with van der Waals surface area (Å²) in [5, 5.41) is 4.81. The van der Waals surface area contributed by atoms with Crippen LogP contribution in [0.5, 0.6) is 0 Å². The zero-order valence-corrected chi connectivity index (χ0v) is 18.4. The molecule has 2 aliphatic rings. The molecule has 2 heterocycles. The molecule has 0 spiro atoms. The number of aromatic nitrogens is 2. The molecule has 3 aromatic rings. The molecule has 1 N–H and O–H groups in total. The van der Waals surface area contributed by atoms with E-state index in [-0.39, 0.29) is 5.56 Å². The second kappa shape index (κ2) is 9.03. The molecule has 0 unspecified atom stereocenters. The highest BCUT2D eigenvalue weighted by atomic mass is 32.1. The highest BCUT2D eigenvalue weighted by molar-refractivity contribution is 7.18. The second-order valence-corrected chi connectivity index (χ2v) is 10.0. The smallest absolute Gasteiger partial charge is 0.262 e. The number of aryl methyl sites for hydroxylation is 3. The highest BCUT2D eigenvalue weighted by Gasteiger charge is 2.27. The lowest BCUT2D eigenvalue weighted by molar-refractivity contribution is 0.322. The monoisotopic (exact) mass is 421 g/mol. The van der Waals surface area contributed by atoms with E-state index in [1.165, 1.54) is 48.1 Å². The number of hydrogen-bond donors (Lipinski definition) is 1. The second-order valence-electron chi connectivity index (χ2n) is 8.96. The van der Waals surface area contributed by atoms with Gasteiger partial charge in [0, 0.05) is 23.5 Å². The van der Waals surface area contributed by atoms with Crippen LogP contribution in [0.3, 0.4) is 0 Å². The maximum Gasteiger partial charge on any atom is 0.262 e. The summed E-state index contributed by atoms with van der Waals surface area (Å²) < 4.78 is 1.82. The fourth-order valence-corrected chi connectivity index (χ4v) is 6.46. The minimum atomic E-state index is 0.157.